The van der Waals surface area contributed by atoms with Crippen LogP contribution in [0.5, 0.6) is 0 Å². The summed E-state index contributed by atoms with van der Waals surface area (Å²) in [5.74, 6) is 0.0421. The van der Waals surface area contributed by atoms with Gasteiger partial charge in [-0.3, -0.25) is 24.2 Å². The Labute approximate surface area is 161 Å². The predicted octanol–water partition coefficient (Wildman–Crippen LogP) is 2.85. The minimum absolute atomic E-state index is 0.0112. The van der Waals surface area contributed by atoms with Gasteiger partial charge in [-0.2, -0.15) is 0 Å². The number of fused-ring (bicyclic) bond motifs is 1. The number of aromatic nitrogens is 2. The summed E-state index contributed by atoms with van der Waals surface area (Å²) in [5, 5.41) is 14.7. The van der Waals surface area contributed by atoms with Crippen molar-refractivity contribution in [3.05, 3.63) is 80.8 Å². The average Bonchev–Trinajstić information content (AvgIpc) is 3.16. The van der Waals surface area contributed by atoms with Crippen LogP contribution in [0.15, 0.2) is 59.5 Å². The third kappa shape index (κ3) is 3.34. The molecule has 4 rings (SSSR count). The van der Waals surface area contributed by atoms with Gasteiger partial charge in [0.25, 0.3) is 0 Å². The molecule has 0 radical (unpaired) electrons. The van der Waals surface area contributed by atoms with E-state index in [9.17, 15) is 14.9 Å². The van der Waals surface area contributed by atoms with E-state index in [-0.39, 0.29) is 17.9 Å². The van der Waals surface area contributed by atoms with Gasteiger partial charge in [-0.15, -0.1) is 0 Å². The van der Waals surface area contributed by atoms with Gasteiger partial charge in [0.2, 0.25) is 5.82 Å². The van der Waals surface area contributed by atoms with E-state index in [1.54, 1.807) is 18.2 Å². The third-order valence-corrected chi connectivity index (χ3v) is 5.28. The molecule has 1 aromatic carbocycles. The van der Waals surface area contributed by atoms with Crippen LogP contribution in [-0.2, 0) is 0 Å². The van der Waals surface area contributed by atoms with Crippen LogP contribution in [0, 0.1) is 10.1 Å². The first-order chi connectivity index (χ1) is 13.5. The van der Waals surface area contributed by atoms with Crippen molar-refractivity contribution in [2.45, 2.75) is 25.4 Å². The summed E-state index contributed by atoms with van der Waals surface area (Å²) in [6.45, 7) is 3.75. The highest BCUT2D eigenvalue weighted by molar-refractivity contribution is 5.60. The van der Waals surface area contributed by atoms with Crippen molar-refractivity contribution < 1.29 is 4.92 Å². The fourth-order valence-corrected chi connectivity index (χ4v) is 3.74. The molecule has 1 saturated heterocycles. The zero-order valence-corrected chi connectivity index (χ0v) is 15.5. The Morgan fingerprint density at radius 1 is 1.21 bits per heavy atom. The molecule has 0 aliphatic carbocycles. The van der Waals surface area contributed by atoms with Gasteiger partial charge in [-0.25, -0.2) is 4.98 Å². The minimum Gasteiger partial charge on any atom is -0.360 e. The summed E-state index contributed by atoms with van der Waals surface area (Å²) in [6, 6.07) is 15.5. The molecule has 8 nitrogen and oxygen atoms in total. The first-order valence-corrected chi connectivity index (χ1v) is 9.26. The maximum absolute atomic E-state index is 12.6. The SMILES string of the molecule is CC(c1ccccc1)N1CCC(Nc2nc3ccccn3c(=O)c2[N+](=O)[O-])C1. The second-order valence-electron chi connectivity index (χ2n) is 7.01. The van der Waals surface area contributed by atoms with Gasteiger partial charge in [-0.1, -0.05) is 36.4 Å². The second kappa shape index (κ2) is 7.40. The zero-order valence-electron chi connectivity index (χ0n) is 15.5. The maximum atomic E-state index is 12.6. The number of nitro groups is 1. The smallest absolute Gasteiger partial charge is 0.360 e. The first kappa shape index (κ1) is 18.1. The summed E-state index contributed by atoms with van der Waals surface area (Å²) < 4.78 is 1.20. The molecule has 2 aromatic heterocycles. The molecule has 28 heavy (non-hydrogen) atoms. The van der Waals surface area contributed by atoms with E-state index < -0.39 is 16.2 Å². The zero-order chi connectivity index (χ0) is 19.7. The van der Waals surface area contributed by atoms with Crippen LogP contribution in [0.4, 0.5) is 11.5 Å². The molecular weight excluding hydrogens is 358 g/mol. The van der Waals surface area contributed by atoms with Crippen LogP contribution in [0.3, 0.4) is 0 Å². The molecule has 0 spiro atoms. The number of likely N-dealkylation sites (tertiary alicyclic amines) is 1. The van der Waals surface area contributed by atoms with Gasteiger partial charge in [-0.05, 0) is 31.0 Å². The molecular formula is C20H21N5O3. The van der Waals surface area contributed by atoms with Gasteiger partial charge in [0, 0.05) is 31.4 Å². The predicted molar refractivity (Wildman–Crippen MR) is 107 cm³/mol. The molecule has 0 amide bonds. The van der Waals surface area contributed by atoms with Crippen molar-refractivity contribution in [1.29, 1.82) is 0 Å². The summed E-state index contributed by atoms with van der Waals surface area (Å²) in [4.78, 5) is 30.1. The Hall–Kier alpha value is -3.26. The van der Waals surface area contributed by atoms with E-state index in [1.807, 2.05) is 18.2 Å². The van der Waals surface area contributed by atoms with Crippen LogP contribution in [0.25, 0.3) is 5.65 Å². The highest BCUT2D eigenvalue weighted by Gasteiger charge is 2.30. The molecule has 1 fully saturated rings. The molecule has 144 valence electrons. The van der Waals surface area contributed by atoms with E-state index in [2.05, 4.69) is 34.3 Å². The van der Waals surface area contributed by atoms with Crippen molar-refractivity contribution >= 4 is 17.2 Å². The van der Waals surface area contributed by atoms with Crippen molar-refractivity contribution in [1.82, 2.24) is 14.3 Å². The van der Waals surface area contributed by atoms with E-state index in [4.69, 9.17) is 0 Å². The minimum atomic E-state index is -0.675. The molecule has 1 aliphatic rings. The highest BCUT2D eigenvalue weighted by Crippen LogP contribution is 2.27. The van der Waals surface area contributed by atoms with E-state index in [1.165, 1.54) is 16.2 Å². The Morgan fingerprint density at radius 2 is 1.96 bits per heavy atom. The lowest BCUT2D eigenvalue weighted by Gasteiger charge is -2.24. The van der Waals surface area contributed by atoms with Crippen LogP contribution in [-0.4, -0.2) is 38.3 Å². The molecule has 3 heterocycles. The molecule has 2 unspecified atom stereocenters. The van der Waals surface area contributed by atoms with Crippen LogP contribution in [0.2, 0.25) is 0 Å². The van der Waals surface area contributed by atoms with Gasteiger partial charge < -0.3 is 5.32 Å². The van der Waals surface area contributed by atoms with Gasteiger partial charge >= 0.3 is 11.2 Å². The lowest BCUT2D eigenvalue weighted by atomic mass is 10.1. The van der Waals surface area contributed by atoms with E-state index >= 15 is 0 Å². The standard InChI is InChI=1S/C20H21N5O3/c1-14(15-7-3-2-4-8-15)23-12-10-16(13-23)21-19-18(25(27)28)20(26)24-11-6-5-9-17(24)22-19/h2-9,11,14,16,21H,10,12-13H2,1H3. The quantitative estimate of drug-likeness (QED) is 0.541. The van der Waals surface area contributed by atoms with Crippen molar-refractivity contribution in [2.75, 3.05) is 18.4 Å². The van der Waals surface area contributed by atoms with Gasteiger partial charge in [0.1, 0.15) is 5.65 Å². The van der Waals surface area contributed by atoms with Gasteiger partial charge in [0.05, 0.1) is 4.92 Å². The van der Waals surface area contributed by atoms with Crippen LogP contribution in [0.1, 0.15) is 24.9 Å². The summed E-state index contributed by atoms with van der Waals surface area (Å²) >= 11 is 0. The Balaban J connectivity index is 1.58. The second-order valence-corrected chi connectivity index (χ2v) is 7.01. The summed E-state index contributed by atoms with van der Waals surface area (Å²) in [5.41, 5.74) is 0.424. The highest BCUT2D eigenvalue weighted by atomic mass is 16.6. The number of nitrogens with zero attached hydrogens (tertiary/aromatic N) is 4. The van der Waals surface area contributed by atoms with Crippen LogP contribution >= 0.6 is 0 Å². The van der Waals surface area contributed by atoms with Crippen LogP contribution < -0.4 is 10.9 Å². The number of pyridine rings is 1. The first-order valence-electron chi connectivity index (χ1n) is 9.26. The van der Waals surface area contributed by atoms with E-state index in [0.717, 1.165) is 19.5 Å². The molecule has 0 bridgehead atoms. The number of nitrogens with one attached hydrogen (secondary N) is 1. The van der Waals surface area contributed by atoms with E-state index in [0.29, 0.717) is 5.65 Å². The summed E-state index contributed by atoms with van der Waals surface area (Å²) in [7, 11) is 0. The summed E-state index contributed by atoms with van der Waals surface area (Å²) in [6.07, 6.45) is 2.31. The topological polar surface area (TPSA) is 92.8 Å². The molecule has 3 aromatic rings. The molecule has 1 N–H and O–H groups in total. The van der Waals surface area contributed by atoms with Crippen molar-refractivity contribution in [2.24, 2.45) is 0 Å². The Bertz CT molecular complexity index is 1070. The Morgan fingerprint density at radius 3 is 2.71 bits per heavy atom. The molecule has 1 aliphatic heterocycles. The number of benzene rings is 1. The normalized spacial score (nSPS) is 18.2. The molecule has 8 heteroatoms. The van der Waals surface area contributed by atoms with Crippen molar-refractivity contribution in [3.8, 4) is 0 Å². The Kier molecular flexibility index (Phi) is 4.79. The largest absolute Gasteiger partial charge is 0.376 e. The number of anilines is 1. The monoisotopic (exact) mass is 379 g/mol. The number of hydrogen-bond acceptors (Lipinski definition) is 6. The molecule has 0 saturated carbocycles. The average molecular weight is 379 g/mol. The van der Waals surface area contributed by atoms with Gasteiger partial charge in [0.15, 0.2) is 0 Å². The fraction of sp³-hybridized carbons (Fsp3) is 0.300. The fourth-order valence-electron chi connectivity index (χ4n) is 3.74. The van der Waals surface area contributed by atoms with Crippen molar-refractivity contribution in [3.63, 3.8) is 0 Å². The lowest BCUT2D eigenvalue weighted by Crippen LogP contribution is -2.30. The number of hydrogen-bond donors (Lipinski definition) is 1. The maximum Gasteiger partial charge on any atom is 0.376 e. The molecule has 2 atom stereocenters. The number of rotatable bonds is 5. The third-order valence-electron chi connectivity index (χ3n) is 5.28. The lowest BCUT2D eigenvalue weighted by molar-refractivity contribution is -0.385.